The number of nitrogens with one attached hydrogen (secondary N) is 1. The minimum absolute atomic E-state index is 0.0583. The van der Waals surface area contributed by atoms with E-state index in [4.69, 9.17) is 13.9 Å². The third kappa shape index (κ3) is 3.63. The molecule has 4 heterocycles. The number of thiazole rings is 1. The van der Waals surface area contributed by atoms with Crippen molar-refractivity contribution >= 4 is 28.3 Å². The Balaban J connectivity index is 1.18. The van der Waals surface area contributed by atoms with Crippen LogP contribution in [0.1, 0.15) is 23.2 Å². The number of carbonyl (C=O) groups excluding carboxylic acids is 2. The van der Waals surface area contributed by atoms with Crippen molar-refractivity contribution in [1.29, 1.82) is 0 Å². The summed E-state index contributed by atoms with van der Waals surface area (Å²) in [7, 11) is 0. The molecule has 9 heteroatoms. The number of piperidine rings is 1. The molecule has 0 spiro atoms. The van der Waals surface area contributed by atoms with E-state index in [0.29, 0.717) is 42.4 Å². The molecule has 5 rings (SSSR count). The number of carbonyl (C=O) groups is 2. The number of amides is 2. The number of ether oxygens (including phenoxy) is 2. The Hall–Kier alpha value is -3.33. The van der Waals surface area contributed by atoms with Crippen LogP contribution in [0.3, 0.4) is 0 Å². The first-order chi connectivity index (χ1) is 14.7. The Labute approximate surface area is 176 Å². The second kappa shape index (κ2) is 7.83. The number of rotatable bonds is 4. The van der Waals surface area contributed by atoms with Gasteiger partial charge in [0.25, 0.3) is 5.91 Å². The van der Waals surface area contributed by atoms with Crippen molar-refractivity contribution in [3.63, 3.8) is 0 Å². The van der Waals surface area contributed by atoms with Crippen molar-refractivity contribution in [3.05, 3.63) is 47.7 Å². The second-order valence-corrected chi connectivity index (χ2v) is 8.03. The summed E-state index contributed by atoms with van der Waals surface area (Å²) in [6, 6.07) is 7.31. The van der Waals surface area contributed by atoms with Crippen LogP contribution in [0.2, 0.25) is 0 Å². The van der Waals surface area contributed by atoms with Gasteiger partial charge in [-0.15, -0.1) is 11.3 Å². The van der Waals surface area contributed by atoms with Crippen LogP contribution in [-0.2, 0) is 4.79 Å². The molecule has 30 heavy (non-hydrogen) atoms. The Kier molecular flexibility index (Phi) is 4.88. The summed E-state index contributed by atoms with van der Waals surface area (Å²) in [5, 5.41) is 5.38. The third-order valence-corrected chi connectivity index (χ3v) is 6.08. The van der Waals surface area contributed by atoms with Crippen molar-refractivity contribution in [2.24, 2.45) is 5.92 Å². The van der Waals surface area contributed by atoms with E-state index < -0.39 is 0 Å². The molecular formula is C21H19N3O5S. The third-order valence-electron chi connectivity index (χ3n) is 5.32. The molecule has 0 unspecified atom stereocenters. The number of hydrogen-bond acceptors (Lipinski definition) is 7. The molecular weight excluding hydrogens is 406 g/mol. The molecule has 0 saturated carbocycles. The summed E-state index contributed by atoms with van der Waals surface area (Å²) in [6.07, 6.45) is 4.17. The molecule has 1 fully saturated rings. The highest BCUT2D eigenvalue weighted by molar-refractivity contribution is 7.14. The highest BCUT2D eigenvalue weighted by Crippen LogP contribution is 2.36. The number of benzene rings is 1. The molecule has 1 saturated heterocycles. The van der Waals surface area contributed by atoms with Crippen LogP contribution >= 0.6 is 11.3 Å². The lowest BCUT2D eigenvalue weighted by Crippen LogP contribution is -2.41. The van der Waals surface area contributed by atoms with Gasteiger partial charge in [0, 0.05) is 30.0 Å². The van der Waals surface area contributed by atoms with Gasteiger partial charge in [0.15, 0.2) is 16.6 Å². The van der Waals surface area contributed by atoms with Gasteiger partial charge in [-0.2, -0.15) is 0 Å². The summed E-state index contributed by atoms with van der Waals surface area (Å²) in [5.74, 6) is 1.16. The first-order valence-electron chi connectivity index (χ1n) is 9.65. The van der Waals surface area contributed by atoms with Gasteiger partial charge in [0.1, 0.15) is 6.26 Å². The Morgan fingerprint density at radius 2 is 1.97 bits per heavy atom. The standard InChI is InChI=1S/C21H19N3O5S/c25-19(13-3-6-24(7-4-13)20(26)15-5-8-27-10-15)23-21-22-16(11-30-21)14-1-2-17-18(9-14)29-12-28-17/h1-2,5,8-11,13H,3-4,6-7,12H2,(H,22,23,25). The number of hydrogen-bond donors (Lipinski definition) is 1. The summed E-state index contributed by atoms with van der Waals surface area (Å²) in [6.45, 7) is 1.31. The van der Waals surface area contributed by atoms with E-state index in [2.05, 4.69) is 10.3 Å². The topological polar surface area (TPSA) is 93.9 Å². The van der Waals surface area contributed by atoms with Gasteiger partial charge < -0.3 is 24.1 Å². The molecule has 2 aliphatic heterocycles. The molecule has 3 aromatic rings. The fourth-order valence-electron chi connectivity index (χ4n) is 3.64. The molecule has 0 bridgehead atoms. The lowest BCUT2D eigenvalue weighted by molar-refractivity contribution is -0.121. The van der Waals surface area contributed by atoms with Crippen LogP contribution < -0.4 is 14.8 Å². The minimum Gasteiger partial charge on any atom is -0.472 e. The number of fused-ring (bicyclic) bond motifs is 1. The van der Waals surface area contributed by atoms with Gasteiger partial charge in [-0.3, -0.25) is 9.59 Å². The largest absolute Gasteiger partial charge is 0.472 e. The highest BCUT2D eigenvalue weighted by atomic mass is 32.1. The summed E-state index contributed by atoms with van der Waals surface area (Å²) in [4.78, 5) is 31.3. The van der Waals surface area contributed by atoms with E-state index in [0.717, 1.165) is 17.0 Å². The summed E-state index contributed by atoms with van der Waals surface area (Å²) >= 11 is 1.38. The van der Waals surface area contributed by atoms with E-state index in [1.54, 1.807) is 11.0 Å². The van der Waals surface area contributed by atoms with Gasteiger partial charge in [-0.05, 0) is 37.1 Å². The van der Waals surface area contributed by atoms with Crippen molar-refractivity contribution in [2.45, 2.75) is 12.8 Å². The highest BCUT2D eigenvalue weighted by Gasteiger charge is 2.28. The molecule has 8 nitrogen and oxygen atoms in total. The van der Waals surface area contributed by atoms with Crippen LogP contribution in [0.4, 0.5) is 5.13 Å². The minimum atomic E-state index is -0.142. The lowest BCUT2D eigenvalue weighted by atomic mass is 9.95. The molecule has 0 radical (unpaired) electrons. The fourth-order valence-corrected chi connectivity index (χ4v) is 4.36. The molecule has 0 atom stereocenters. The summed E-state index contributed by atoms with van der Waals surface area (Å²) < 4.78 is 15.7. The number of nitrogens with zero attached hydrogens (tertiary/aromatic N) is 2. The normalized spacial score (nSPS) is 15.9. The molecule has 2 amide bonds. The SMILES string of the molecule is O=C(Nc1nc(-c2ccc3c(c2)OCO3)cs1)C1CCN(C(=O)c2ccoc2)CC1. The average Bonchev–Trinajstić information content (AvgIpc) is 3.54. The zero-order valence-electron chi connectivity index (χ0n) is 16.0. The predicted octanol–water partition coefficient (Wildman–Crippen LogP) is 3.62. The Bertz CT molecular complexity index is 1070. The number of anilines is 1. The van der Waals surface area contributed by atoms with Gasteiger partial charge >= 0.3 is 0 Å². The predicted molar refractivity (Wildman–Crippen MR) is 110 cm³/mol. The van der Waals surface area contributed by atoms with Gasteiger partial charge in [-0.25, -0.2) is 4.98 Å². The zero-order valence-corrected chi connectivity index (χ0v) is 16.8. The maximum absolute atomic E-state index is 12.7. The maximum atomic E-state index is 12.7. The number of aromatic nitrogens is 1. The number of likely N-dealkylation sites (tertiary alicyclic amines) is 1. The van der Waals surface area contributed by atoms with Crippen LogP contribution in [-0.4, -0.2) is 41.6 Å². The van der Waals surface area contributed by atoms with E-state index in [1.165, 1.54) is 23.9 Å². The van der Waals surface area contributed by atoms with Crippen molar-refractivity contribution in [1.82, 2.24) is 9.88 Å². The van der Waals surface area contributed by atoms with Crippen molar-refractivity contribution < 1.29 is 23.5 Å². The van der Waals surface area contributed by atoms with Gasteiger partial charge in [-0.1, -0.05) is 0 Å². The first kappa shape index (κ1) is 18.7. The molecule has 2 aliphatic rings. The second-order valence-electron chi connectivity index (χ2n) is 7.17. The fraction of sp³-hybridized carbons (Fsp3) is 0.286. The molecule has 0 aliphatic carbocycles. The van der Waals surface area contributed by atoms with E-state index in [9.17, 15) is 9.59 Å². The zero-order chi connectivity index (χ0) is 20.5. The Morgan fingerprint density at radius 1 is 1.13 bits per heavy atom. The van der Waals surface area contributed by atoms with Crippen molar-refractivity contribution in [2.75, 3.05) is 25.2 Å². The van der Waals surface area contributed by atoms with Gasteiger partial charge in [0.2, 0.25) is 12.7 Å². The summed E-state index contributed by atoms with van der Waals surface area (Å²) in [5.41, 5.74) is 2.22. The van der Waals surface area contributed by atoms with Gasteiger partial charge in [0.05, 0.1) is 17.5 Å². The molecule has 1 N–H and O–H groups in total. The quantitative estimate of drug-likeness (QED) is 0.686. The first-order valence-corrected chi connectivity index (χ1v) is 10.5. The smallest absolute Gasteiger partial charge is 0.257 e. The average molecular weight is 425 g/mol. The van der Waals surface area contributed by atoms with Crippen LogP contribution in [0.5, 0.6) is 11.5 Å². The lowest BCUT2D eigenvalue weighted by Gasteiger charge is -2.30. The van der Waals surface area contributed by atoms with Crippen LogP contribution in [0.25, 0.3) is 11.3 Å². The monoisotopic (exact) mass is 425 g/mol. The van der Waals surface area contributed by atoms with E-state index >= 15 is 0 Å². The van der Waals surface area contributed by atoms with Crippen molar-refractivity contribution in [3.8, 4) is 22.8 Å². The molecule has 1 aromatic carbocycles. The maximum Gasteiger partial charge on any atom is 0.257 e. The van der Waals surface area contributed by atoms with E-state index in [-0.39, 0.29) is 24.5 Å². The van der Waals surface area contributed by atoms with E-state index in [1.807, 2.05) is 23.6 Å². The Morgan fingerprint density at radius 3 is 2.77 bits per heavy atom. The van der Waals surface area contributed by atoms with Crippen LogP contribution in [0, 0.1) is 5.92 Å². The molecule has 2 aromatic heterocycles. The van der Waals surface area contributed by atoms with Crippen LogP contribution in [0.15, 0.2) is 46.6 Å². The number of furan rings is 1. The molecule has 154 valence electrons.